The Bertz CT molecular complexity index is 662. The number of thiazole rings is 1. The SMILES string of the molecule is Cc1cc2sc(-c3cn[nH]c3N)nc2cc1F. The van der Waals surface area contributed by atoms with Gasteiger partial charge < -0.3 is 5.73 Å². The molecule has 0 saturated carbocycles. The fourth-order valence-electron chi connectivity index (χ4n) is 1.63. The molecule has 0 aliphatic heterocycles. The summed E-state index contributed by atoms with van der Waals surface area (Å²) in [5.74, 6) is 0.232. The van der Waals surface area contributed by atoms with Crippen LogP contribution in [0, 0.1) is 12.7 Å². The minimum atomic E-state index is -0.241. The van der Waals surface area contributed by atoms with Crippen molar-refractivity contribution in [2.24, 2.45) is 0 Å². The molecule has 0 aliphatic carbocycles. The van der Waals surface area contributed by atoms with Crippen molar-refractivity contribution in [1.29, 1.82) is 0 Å². The number of benzene rings is 1. The maximum atomic E-state index is 13.4. The molecule has 0 amide bonds. The van der Waals surface area contributed by atoms with E-state index in [1.807, 2.05) is 0 Å². The highest BCUT2D eigenvalue weighted by molar-refractivity contribution is 7.21. The van der Waals surface area contributed by atoms with Crippen molar-refractivity contribution in [2.45, 2.75) is 6.92 Å². The first-order valence-corrected chi connectivity index (χ1v) is 5.82. The summed E-state index contributed by atoms with van der Waals surface area (Å²) < 4.78 is 14.3. The molecule has 6 heteroatoms. The Labute approximate surface area is 100 Å². The maximum absolute atomic E-state index is 13.4. The summed E-state index contributed by atoms with van der Waals surface area (Å²) in [6.07, 6.45) is 1.62. The molecule has 3 rings (SSSR count). The van der Waals surface area contributed by atoms with Crippen molar-refractivity contribution in [2.75, 3.05) is 5.73 Å². The Kier molecular flexibility index (Phi) is 2.12. The van der Waals surface area contributed by atoms with Gasteiger partial charge in [-0.1, -0.05) is 0 Å². The van der Waals surface area contributed by atoms with E-state index in [0.717, 1.165) is 15.3 Å². The van der Waals surface area contributed by atoms with Gasteiger partial charge in [-0.25, -0.2) is 9.37 Å². The van der Waals surface area contributed by atoms with Crippen LogP contribution in [0.4, 0.5) is 10.2 Å². The third-order valence-electron chi connectivity index (χ3n) is 2.57. The minimum Gasteiger partial charge on any atom is -0.383 e. The van der Waals surface area contributed by atoms with Crippen molar-refractivity contribution in [3.8, 4) is 10.6 Å². The molecule has 3 N–H and O–H groups in total. The molecule has 2 heterocycles. The van der Waals surface area contributed by atoms with E-state index in [1.54, 1.807) is 19.2 Å². The van der Waals surface area contributed by atoms with Crippen molar-refractivity contribution in [3.63, 3.8) is 0 Å². The standard InChI is InChI=1S/C11H9FN4S/c1-5-2-9-8(3-7(5)12)15-11(17-9)6-4-14-16-10(6)13/h2-4H,1H3,(H3,13,14,16). The monoisotopic (exact) mass is 248 g/mol. The van der Waals surface area contributed by atoms with Crippen LogP contribution in [-0.4, -0.2) is 15.2 Å². The van der Waals surface area contributed by atoms with E-state index < -0.39 is 0 Å². The zero-order valence-electron chi connectivity index (χ0n) is 8.99. The Hall–Kier alpha value is -1.95. The molecule has 0 spiro atoms. The van der Waals surface area contributed by atoms with Gasteiger partial charge in [0.05, 0.1) is 22.0 Å². The third-order valence-corrected chi connectivity index (χ3v) is 3.62. The molecule has 0 atom stereocenters. The number of nitrogens with one attached hydrogen (secondary N) is 1. The van der Waals surface area contributed by atoms with Crippen LogP contribution in [0.3, 0.4) is 0 Å². The van der Waals surface area contributed by atoms with Gasteiger partial charge >= 0.3 is 0 Å². The number of aromatic amines is 1. The van der Waals surface area contributed by atoms with Crippen LogP contribution in [0.15, 0.2) is 18.3 Å². The summed E-state index contributed by atoms with van der Waals surface area (Å²) in [6.45, 7) is 1.74. The Morgan fingerprint density at radius 3 is 2.94 bits per heavy atom. The van der Waals surface area contributed by atoms with Crippen LogP contribution >= 0.6 is 11.3 Å². The number of aromatic nitrogens is 3. The summed E-state index contributed by atoms with van der Waals surface area (Å²) in [4.78, 5) is 4.36. The zero-order chi connectivity index (χ0) is 12.0. The molecule has 2 aromatic heterocycles. The number of nitrogens with zero attached hydrogens (tertiary/aromatic N) is 2. The third kappa shape index (κ3) is 1.57. The number of anilines is 1. The number of fused-ring (bicyclic) bond motifs is 1. The molecule has 86 valence electrons. The van der Waals surface area contributed by atoms with E-state index in [4.69, 9.17) is 5.73 Å². The van der Waals surface area contributed by atoms with Crippen molar-refractivity contribution in [3.05, 3.63) is 29.7 Å². The van der Waals surface area contributed by atoms with Gasteiger partial charge in [-0.2, -0.15) is 5.10 Å². The number of halogens is 1. The Balaban J connectivity index is 2.24. The van der Waals surface area contributed by atoms with E-state index in [-0.39, 0.29) is 5.82 Å². The van der Waals surface area contributed by atoms with E-state index in [9.17, 15) is 4.39 Å². The Morgan fingerprint density at radius 1 is 1.41 bits per heavy atom. The molecule has 17 heavy (non-hydrogen) atoms. The topological polar surface area (TPSA) is 67.6 Å². The lowest BCUT2D eigenvalue weighted by atomic mass is 10.2. The van der Waals surface area contributed by atoms with E-state index in [2.05, 4.69) is 15.2 Å². The lowest BCUT2D eigenvalue weighted by molar-refractivity contribution is 0.620. The lowest BCUT2D eigenvalue weighted by Gasteiger charge is -1.93. The predicted octanol–water partition coefficient (Wildman–Crippen LogP) is 2.72. The highest BCUT2D eigenvalue weighted by atomic mass is 32.1. The number of rotatable bonds is 1. The van der Waals surface area contributed by atoms with E-state index in [1.165, 1.54) is 17.4 Å². The van der Waals surface area contributed by atoms with Gasteiger partial charge in [0.15, 0.2) is 0 Å². The number of nitrogens with two attached hydrogens (primary N) is 1. The minimum absolute atomic E-state index is 0.241. The number of nitrogen functional groups attached to an aromatic ring is 1. The molecule has 3 aromatic rings. The van der Waals surface area contributed by atoms with Gasteiger partial charge in [0.2, 0.25) is 0 Å². The molecule has 0 saturated heterocycles. The summed E-state index contributed by atoms with van der Waals surface area (Å²) in [7, 11) is 0. The summed E-state index contributed by atoms with van der Waals surface area (Å²) >= 11 is 1.47. The number of H-pyrrole nitrogens is 1. The van der Waals surface area contributed by atoms with Crippen molar-refractivity contribution < 1.29 is 4.39 Å². The second kappa shape index (κ2) is 3.53. The molecule has 1 aromatic carbocycles. The molecular formula is C11H9FN4S. The zero-order valence-corrected chi connectivity index (χ0v) is 9.81. The normalized spacial score (nSPS) is 11.2. The quantitative estimate of drug-likeness (QED) is 0.695. The fraction of sp³-hybridized carbons (Fsp3) is 0.0909. The van der Waals surface area contributed by atoms with Crippen LogP contribution < -0.4 is 5.73 Å². The van der Waals surface area contributed by atoms with Gasteiger partial charge in [-0.05, 0) is 18.6 Å². The smallest absolute Gasteiger partial charge is 0.129 e. The van der Waals surface area contributed by atoms with Gasteiger partial charge in [0.1, 0.15) is 16.6 Å². The molecule has 0 unspecified atom stereocenters. The summed E-state index contributed by atoms with van der Waals surface area (Å²) in [5, 5.41) is 7.25. The van der Waals surface area contributed by atoms with Crippen LogP contribution in [0.2, 0.25) is 0 Å². The van der Waals surface area contributed by atoms with Gasteiger partial charge in [-0.15, -0.1) is 11.3 Å². The maximum Gasteiger partial charge on any atom is 0.129 e. The molecule has 4 nitrogen and oxygen atoms in total. The molecule has 0 radical (unpaired) electrons. The van der Waals surface area contributed by atoms with Crippen LogP contribution in [0.25, 0.3) is 20.8 Å². The summed E-state index contributed by atoms with van der Waals surface area (Å²) in [5.41, 5.74) is 7.75. The predicted molar refractivity (Wildman–Crippen MR) is 66.3 cm³/mol. The largest absolute Gasteiger partial charge is 0.383 e. The number of aryl methyl sites for hydroxylation is 1. The first-order chi connectivity index (χ1) is 8.15. The van der Waals surface area contributed by atoms with Crippen molar-refractivity contribution in [1.82, 2.24) is 15.2 Å². The van der Waals surface area contributed by atoms with Gasteiger partial charge in [0, 0.05) is 6.07 Å². The highest BCUT2D eigenvalue weighted by Crippen LogP contribution is 2.33. The van der Waals surface area contributed by atoms with Crippen LogP contribution in [0.5, 0.6) is 0 Å². The molecule has 0 bridgehead atoms. The second-order valence-corrected chi connectivity index (χ2v) is 4.82. The van der Waals surface area contributed by atoms with E-state index >= 15 is 0 Å². The average molecular weight is 248 g/mol. The molecule has 0 aliphatic rings. The van der Waals surface area contributed by atoms with Gasteiger partial charge in [0.25, 0.3) is 0 Å². The van der Waals surface area contributed by atoms with Crippen LogP contribution in [-0.2, 0) is 0 Å². The summed E-state index contributed by atoms with van der Waals surface area (Å²) in [6, 6.07) is 3.24. The number of hydrogen-bond acceptors (Lipinski definition) is 4. The number of hydrogen-bond donors (Lipinski definition) is 2. The molecule has 0 fully saturated rings. The fourth-order valence-corrected chi connectivity index (χ4v) is 2.70. The Morgan fingerprint density at radius 2 is 2.24 bits per heavy atom. The highest BCUT2D eigenvalue weighted by Gasteiger charge is 2.12. The first kappa shape index (κ1) is 10.2. The van der Waals surface area contributed by atoms with Gasteiger partial charge in [-0.3, -0.25) is 5.10 Å². The average Bonchev–Trinajstić information content (AvgIpc) is 2.85. The molecular weight excluding hydrogens is 239 g/mol. The first-order valence-electron chi connectivity index (χ1n) is 5.01. The van der Waals surface area contributed by atoms with Crippen molar-refractivity contribution >= 4 is 27.4 Å². The van der Waals surface area contributed by atoms with E-state index in [0.29, 0.717) is 16.9 Å². The van der Waals surface area contributed by atoms with Crippen LogP contribution in [0.1, 0.15) is 5.56 Å². The lowest BCUT2D eigenvalue weighted by Crippen LogP contribution is -1.86. The second-order valence-electron chi connectivity index (χ2n) is 3.79.